The highest BCUT2D eigenvalue weighted by molar-refractivity contribution is 5.76. The molecule has 1 unspecified atom stereocenters. The van der Waals surface area contributed by atoms with Crippen LogP contribution in [-0.2, 0) is 11.2 Å². The minimum absolute atomic E-state index is 0.0817. The summed E-state index contributed by atoms with van der Waals surface area (Å²) in [6, 6.07) is 0. The number of aliphatic hydroxyl groups excluding tert-OH is 2. The summed E-state index contributed by atoms with van der Waals surface area (Å²) in [5.74, 6) is -0.155. The highest BCUT2D eigenvalue weighted by Crippen LogP contribution is 1.96. The lowest BCUT2D eigenvalue weighted by atomic mass is 10.2. The van der Waals surface area contributed by atoms with Crippen LogP contribution in [-0.4, -0.2) is 45.3 Å². The van der Waals surface area contributed by atoms with E-state index in [1.165, 1.54) is 0 Å². The Labute approximate surface area is 87.3 Å². The van der Waals surface area contributed by atoms with E-state index >= 15 is 0 Å². The van der Waals surface area contributed by atoms with E-state index in [0.29, 0.717) is 12.8 Å². The topological polar surface area (TPSA) is 98.2 Å². The summed E-state index contributed by atoms with van der Waals surface area (Å²) in [5, 5.41) is 20.0. The van der Waals surface area contributed by atoms with Gasteiger partial charge < -0.3 is 20.5 Å². The second kappa shape index (κ2) is 6.15. The lowest BCUT2D eigenvalue weighted by molar-refractivity contribution is -0.121. The number of H-pyrrole nitrogens is 1. The third-order valence-electron chi connectivity index (χ3n) is 1.92. The number of aliphatic hydroxyl groups is 2. The van der Waals surface area contributed by atoms with Gasteiger partial charge >= 0.3 is 0 Å². The summed E-state index contributed by atoms with van der Waals surface area (Å²) in [5.41, 5.74) is 0.896. The van der Waals surface area contributed by atoms with E-state index in [1.54, 1.807) is 12.5 Å². The van der Waals surface area contributed by atoms with Gasteiger partial charge in [-0.1, -0.05) is 0 Å². The molecule has 6 heteroatoms. The van der Waals surface area contributed by atoms with Crippen molar-refractivity contribution < 1.29 is 15.0 Å². The molecule has 4 N–H and O–H groups in total. The predicted molar refractivity (Wildman–Crippen MR) is 53.0 cm³/mol. The third-order valence-corrected chi connectivity index (χ3v) is 1.92. The molecule has 0 bridgehead atoms. The van der Waals surface area contributed by atoms with Gasteiger partial charge in [-0.05, 0) is 6.42 Å². The number of imidazole rings is 1. The molecule has 1 amide bonds. The van der Waals surface area contributed by atoms with Crippen molar-refractivity contribution in [2.75, 3.05) is 13.2 Å². The van der Waals surface area contributed by atoms with Gasteiger partial charge in [-0.15, -0.1) is 0 Å². The van der Waals surface area contributed by atoms with Gasteiger partial charge in [-0.2, -0.15) is 0 Å². The Morgan fingerprint density at radius 1 is 1.67 bits per heavy atom. The molecular formula is C9H15N3O3. The summed E-state index contributed by atoms with van der Waals surface area (Å²) in [7, 11) is 0. The summed E-state index contributed by atoms with van der Waals surface area (Å²) >= 11 is 0. The maximum absolute atomic E-state index is 11.2. The number of nitrogens with zero attached hydrogens (tertiary/aromatic N) is 1. The van der Waals surface area contributed by atoms with Crippen molar-refractivity contribution in [2.24, 2.45) is 0 Å². The zero-order chi connectivity index (χ0) is 11.1. The van der Waals surface area contributed by atoms with Gasteiger partial charge in [0.25, 0.3) is 0 Å². The first-order chi connectivity index (χ1) is 7.22. The van der Waals surface area contributed by atoms with E-state index in [1.807, 2.05) is 0 Å². The van der Waals surface area contributed by atoms with E-state index in [9.17, 15) is 4.79 Å². The first kappa shape index (κ1) is 11.7. The van der Waals surface area contributed by atoms with Crippen LogP contribution in [0.2, 0.25) is 0 Å². The summed E-state index contributed by atoms with van der Waals surface area (Å²) in [4.78, 5) is 17.9. The largest absolute Gasteiger partial charge is 0.394 e. The number of aryl methyl sites for hydroxylation is 1. The number of hydrogen-bond acceptors (Lipinski definition) is 4. The van der Waals surface area contributed by atoms with Crippen LogP contribution in [0.15, 0.2) is 12.5 Å². The average molecular weight is 213 g/mol. The van der Waals surface area contributed by atoms with E-state index in [4.69, 9.17) is 10.2 Å². The van der Waals surface area contributed by atoms with Crippen LogP contribution in [0.3, 0.4) is 0 Å². The molecular weight excluding hydrogens is 198 g/mol. The molecule has 0 aromatic carbocycles. The standard InChI is InChI=1S/C9H15N3O3/c13-5-8(14)4-11-9(15)2-1-7-3-10-6-12-7/h3,6,8,13-14H,1-2,4-5H2,(H,10,12)(H,11,15). The third kappa shape index (κ3) is 4.57. The molecule has 0 fully saturated rings. The average Bonchev–Trinajstić information content (AvgIpc) is 2.75. The molecule has 0 aliphatic rings. The van der Waals surface area contributed by atoms with Crippen molar-refractivity contribution >= 4 is 5.91 Å². The van der Waals surface area contributed by atoms with Crippen molar-refractivity contribution in [3.05, 3.63) is 18.2 Å². The lowest BCUT2D eigenvalue weighted by Crippen LogP contribution is -2.33. The van der Waals surface area contributed by atoms with Gasteiger partial charge in [0.2, 0.25) is 5.91 Å². The van der Waals surface area contributed by atoms with Gasteiger partial charge in [0.15, 0.2) is 0 Å². The fourth-order valence-electron chi connectivity index (χ4n) is 1.05. The number of amides is 1. The molecule has 84 valence electrons. The van der Waals surface area contributed by atoms with Crippen LogP contribution in [0.4, 0.5) is 0 Å². The van der Waals surface area contributed by atoms with Crippen LogP contribution in [0, 0.1) is 0 Å². The number of carbonyl (C=O) groups excluding carboxylic acids is 1. The van der Waals surface area contributed by atoms with E-state index in [2.05, 4.69) is 15.3 Å². The number of hydrogen-bond donors (Lipinski definition) is 4. The molecule has 0 aliphatic heterocycles. The van der Waals surface area contributed by atoms with Gasteiger partial charge in [0.1, 0.15) is 0 Å². The zero-order valence-corrected chi connectivity index (χ0v) is 8.31. The number of aromatic amines is 1. The monoisotopic (exact) mass is 213 g/mol. The molecule has 1 aromatic heterocycles. The zero-order valence-electron chi connectivity index (χ0n) is 8.31. The minimum atomic E-state index is -0.888. The fraction of sp³-hybridized carbons (Fsp3) is 0.556. The Hall–Kier alpha value is -1.40. The highest BCUT2D eigenvalue weighted by Gasteiger charge is 2.06. The molecule has 1 heterocycles. The Balaban J connectivity index is 2.14. The first-order valence-electron chi connectivity index (χ1n) is 4.75. The van der Waals surface area contributed by atoms with E-state index < -0.39 is 6.10 Å². The van der Waals surface area contributed by atoms with E-state index in [-0.39, 0.29) is 19.1 Å². The molecule has 0 radical (unpaired) electrons. The Bertz CT molecular complexity index is 287. The van der Waals surface area contributed by atoms with Gasteiger partial charge in [0.05, 0.1) is 19.0 Å². The van der Waals surface area contributed by atoms with Crippen LogP contribution in [0.25, 0.3) is 0 Å². The van der Waals surface area contributed by atoms with Crippen LogP contribution in [0.5, 0.6) is 0 Å². The number of rotatable bonds is 6. The molecule has 1 atom stereocenters. The normalized spacial score (nSPS) is 12.4. The minimum Gasteiger partial charge on any atom is -0.394 e. The van der Waals surface area contributed by atoms with Gasteiger partial charge in [-0.25, -0.2) is 4.98 Å². The van der Waals surface area contributed by atoms with Crippen molar-refractivity contribution in [3.63, 3.8) is 0 Å². The first-order valence-corrected chi connectivity index (χ1v) is 4.75. The van der Waals surface area contributed by atoms with Crippen molar-refractivity contribution in [2.45, 2.75) is 18.9 Å². The number of aromatic nitrogens is 2. The maximum Gasteiger partial charge on any atom is 0.220 e. The molecule has 0 spiro atoms. The number of nitrogens with one attached hydrogen (secondary N) is 2. The quantitative estimate of drug-likeness (QED) is 0.477. The van der Waals surface area contributed by atoms with Crippen LogP contribution >= 0.6 is 0 Å². The Kier molecular flexibility index (Phi) is 4.79. The fourth-order valence-corrected chi connectivity index (χ4v) is 1.05. The van der Waals surface area contributed by atoms with Crippen LogP contribution < -0.4 is 5.32 Å². The molecule has 1 aromatic rings. The number of carbonyl (C=O) groups is 1. The summed E-state index contributed by atoms with van der Waals surface area (Å²) in [6.07, 6.45) is 3.25. The van der Waals surface area contributed by atoms with Crippen molar-refractivity contribution in [3.8, 4) is 0 Å². The highest BCUT2D eigenvalue weighted by atomic mass is 16.3. The molecule has 1 rings (SSSR count). The van der Waals surface area contributed by atoms with Crippen molar-refractivity contribution in [1.29, 1.82) is 0 Å². The molecule has 15 heavy (non-hydrogen) atoms. The Morgan fingerprint density at radius 3 is 3.07 bits per heavy atom. The molecule has 0 saturated carbocycles. The SMILES string of the molecule is O=C(CCc1cnc[nH]1)NCC(O)CO. The van der Waals surface area contributed by atoms with Crippen molar-refractivity contribution in [1.82, 2.24) is 15.3 Å². The molecule has 0 saturated heterocycles. The predicted octanol–water partition coefficient (Wildman–Crippen LogP) is -1.19. The molecule has 6 nitrogen and oxygen atoms in total. The second-order valence-electron chi connectivity index (χ2n) is 3.22. The maximum atomic E-state index is 11.2. The van der Waals surface area contributed by atoms with Crippen LogP contribution in [0.1, 0.15) is 12.1 Å². The summed E-state index contributed by atoms with van der Waals surface area (Å²) < 4.78 is 0. The second-order valence-corrected chi connectivity index (χ2v) is 3.22. The Morgan fingerprint density at radius 2 is 2.47 bits per heavy atom. The lowest BCUT2D eigenvalue weighted by Gasteiger charge is -2.08. The molecule has 0 aliphatic carbocycles. The smallest absolute Gasteiger partial charge is 0.220 e. The van der Waals surface area contributed by atoms with E-state index in [0.717, 1.165) is 5.69 Å². The van der Waals surface area contributed by atoms with Gasteiger partial charge in [-0.3, -0.25) is 4.79 Å². The van der Waals surface area contributed by atoms with Gasteiger partial charge in [0, 0.05) is 24.9 Å². The summed E-state index contributed by atoms with van der Waals surface area (Å²) in [6.45, 7) is -0.265.